The lowest BCUT2D eigenvalue weighted by atomic mass is 9.90. The summed E-state index contributed by atoms with van der Waals surface area (Å²) in [5.41, 5.74) is 2.66. The van der Waals surface area contributed by atoms with Crippen molar-refractivity contribution in [1.29, 1.82) is 0 Å². The summed E-state index contributed by atoms with van der Waals surface area (Å²) in [5.74, 6) is 0.788. The van der Waals surface area contributed by atoms with Gasteiger partial charge in [-0.2, -0.15) is 0 Å². The third-order valence-electron chi connectivity index (χ3n) is 3.43. The first kappa shape index (κ1) is 9.79. The summed E-state index contributed by atoms with van der Waals surface area (Å²) in [5, 5.41) is 3.24. The van der Waals surface area contributed by atoms with E-state index in [0.717, 1.165) is 17.9 Å². The molecule has 2 rings (SSSR count). The summed E-state index contributed by atoms with van der Waals surface area (Å²) in [6, 6.07) is 8.31. The SMILES string of the molecule is [B]c1ccc([C@]2(C)C[C@H]2CNC)cc1. The first-order chi connectivity index (χ1) is 6.66. The second-order valence-electron chi connectivity index (χ2n) is 4.50. The van der Waals surface area contributed by atoms with Gasteiger partial charge in [0, 0.05) is 0 Å². The average molecular weight is 185 g/mol. The van der Waals surface area contributed by atoms with Crippen molar-refractivity contribution < 1.29 is 0 Å². The van der Waals surface area contributed by atoms with E-state index in [9.17, 15) is 0 Å². The summed E-state index contributed by atoms with van der Waals surface area (Å²) in [6.07, 6.45) is 1.29. The van der Waals surface area contributed by atoms with Crippen LogP contribution in [0.4, 0.5) is 0 Å². The molecule has 0 unspecified atom stereocenters. The van der Waals surface area contributed by atoms with Gasteiger partial charge in [-0.3, -0.25) is 0 Å². The number of nitrogens with one attached hydrogen (secondary N) is 1. The summed E-state index contributed by atoms with van der Waals surface area (Å²) in [4.78, 5) is 0. The molecule has 2 atom stereocenters. The molecule has 2 radical (unpaired) electrons. The highest BCUT2D eigenvalue weighted by Crippen LogP contribution is 2.53. The molecule has 1 fully saturated rings. The fourth-order valence-corrected chi connectivity index (χ4v) is 2.21. The minimum absolute atomic E-state index is 0.386. The van der Waals surface area contributed by atoms with Gasteiger partial charge in [-0.05, 0) is 36.9 Å². The van der Waals surface area contributed by atoms with E-state index in [1.54, 1.807) is 0 Å². The molecular formula is C12H16BN. The molecule has 2 heteroatoms. The Hall–Kier alpha value is -0.755. The Morgan fingerprint density at radius 2 is 2.07 bits per heavy atom. The van der Waals surface area contributed by atoms with Gasteiger partial charge in [0.25, 0.3) is 0 Å². The Morgan fingerprint density at radius 1 is 1.43 bits per heavy atom. The zero-order chi connectivity index (χ0) is 10.2. The Kier molecular flexibility index (Phi) is 2.40. The Balaban J connectivity index is 2.13. The molecule has 0 aromatic heterocycles. The second kappa shape index (κ2) is 3.43. The predicted octanol–water partition coefficient (Wildman–Crippen LogP) is 0.977. The van der Waals surface area contributed by atoms with E-state index in [0.29, 0.717) is 5.41 Å². The summed E-state index contributed by atoms with van der Waals surface area (Å²) in [7, 11) is 7.69. The lowest BCUT2D eigenvalue weighted by Crippen LogP contribution is -2.16. The smallest absolute Gasteiger partial charge is 0.113 e. The topological polar surface area (TPSA) is 12.0 Å². The minimum Gasteiger partial charge on any atom is -0.319 e. The van der Waals surface area contributed by atoms with E-state index in [2.05, 4.69) is 24.4 Å². The number of rotatable bonds is 3. The fraction of sp³-hybridized carbons (Fsp3) is 0.500. The van der Waals surface area contributed by atoms with Crippen LogP contribution in [0, 0.1) is 5.92 Å². The molecule has 0 bridgehead atoms. The van der Waals surface area contributed by atoms with Gasteiger partial charge in [-0.25, -0.2) is 0 Å². The molecule has 1 aliphatic carbocycles. The van der Waals surface area contributed by atoms with Crippen LogP contribution in [0.3, 0.4) is 0 Å². The monoisotopic (exact) mass is 185 g/mol. The molecule has 0 aliphatic heterocycles. The van der Waals surface area contributed by atoms with Gasteiger partial charge in [0.05, 0.1) is 0 Å². The van der Waals surface area contributed by atoms with Crippen molar-refractivity contribution in [2.45, 2.75) is 18.8 Å². The van der Waals surface area contributed by atoms with Crippen LogP contribution in [0.15, 0.2) is 24.3 Å². The van der Waals surface area contributed by atoms with Crippen molar-refractivity contribution in [3.05, 3.63) is 29.8 Å². The van der Waals surface area contributed by atoms with Crippen molar-refractivity contribution in [2.24, 2.45) is 5.92 Å². The number of benzene rings is 1. The lowest BCUT2D eigenvalue weighted by Gasteiger charge is -2.12. The Bertz CT molecular complexity index is 320. The lowest BCUT2D eigenvalue weighted by molar-refractivity contribution is 0.617. The standard InChI is InChI=1S/C12H16BN/c1-12(7-10(12)8-14-2)9-3-5-11(13)6-4-9/h3-6,10,14H,7-8H2,1-2H3/t10-,12-/m0/s1. The van der Waals surface area contributed by atoms with Gasteiger partial charge in [-0.15, -0.1) is 0 Å². The molecule has 0 amide bonds. The largest absolute Gasteiger partial charge is 0.319 e. The maximum absolute atomic E-state index is 5.67. The highest BCUT2D eigenvalue weighted by atomic mass is 14.8. The second-order valence-corrected chi connectivity index (χ2v) is 4.50. The molecule has 1 aliphatic rings. The van der Waals surface area contributed by atoms with E-state index in [1.165, 1.54) is 12.0 Å². The molecular weight excluding hydrogens is 169 g/mol. The van der Waals surface area contributed by atoms with E-state index >= 15 is 0 Å². The fourth-order valence-electron chi connectivity index (χ4n) is 2.21. The van der Waals surface area contributed by atoms with E-state index in [1.807, 2.05) is 19.2 Å². The number of hydrogen-bond donors (Lipinski definition) is 1. The van der Waals surface area contributed by atoms with Crippen molar-refractivity contribution in [3.8, 4) is 0 Å². The zero-order valence-electron chi connectivity index (χ0n) is 8.88. The Morgan fingerprint density at radius 3 is 2.64 bits per heavy atom. The van der Waals surface area contributed by atoms with Gasteiger partial charge in [0.15, 0.2) is 0 Å². The average Bonchev–Trinajstić information content (AvgIpc) is 2.80. The predicted molar refractivity (Wildman–Crippen MR) is 61.2 cm³/mol. The van der Waals surface area contributed by atoms with Crippen LogP contribution in [0.2, 0.25) is 0 Å². The zero-order valence-corrected chi connectivity index (χ0v) is 8.88. The molecule has 0 saturated heterocycles. The highest BCUT2D eigenvalue weighted by Gasteiger charge is 2.50. The summed E-state index contributed by atoms with van der Waals surface area (Å²) in [6.45, 7) is 3.45. The van der Waals surface area contributed by atoms with Crippen LogP contribution < -0.4 is 10.8 Å². The van der Waals surface area contributed by atoms with E-state index in [-0.39, 0.29) is 0 Å². The third-order valence-corrected chi connectivity index (χ3v) is 3.43. The first-order valence-electron chi connectivity index (χ1n) is 5.17. The van der Waals surface area contributed by atoms with Crippen molar-refractivity contribution in [3.63, 3.8) is 0 Å². The summed E-state index contributed by atoms with van der Waals surface area (Å²) < 4.78 is 0. The van der Waals surface area contributed by atoms with Gasteiger partial charge < -0.3 is 5.32 Å². The molecule has 1 aromatic rings. The van der Waals surface area contributed by atoms with Crippen LogP contribution in [-0.2, 0) is 5.41 Å². The van der Waals surface area contributed by atoms with Crippen LogP contribution >= 0.6 is 0 Å². The van der Waals surface area contributed by atoms with Gasteiger partial charge >= 0.3 is 0 Å². The molecule has 72 valence electrons. The first-order valence-corrected chi connectivity index (χ1v) is 5.17. The van der Waals surface area contributed by atoms with Gasteiger partial charge in [0.1, 0.15) is 7.85 Å². The van der Waals surface area contributed by atoms with Crippen molar-refractivity contribution >= 4 is 13.3 Å². The molecule has 0 spiro atoms. The molecule has 1 nitrogen and oxygen atoms in total. The maximum Gasteiger partial charge on any atom is 0.113 e. The van der Waals surface area contributed by atoms with Gasteiger partial charge in [-0.1, -0.05) is 36.7 Å². The highest BCUT2D eigenvalue weighted by molar-refractivity contribution is 6.32. The minimum atomic E-state index is 0.386. The van der Waals surface area contributed by atoms with E-state index in [4.69, 9.17) is 7.85 Å². The summed E-state index contributed by atoms with van der Waals surface area (Å²) >= 11 is 0. The van der Waals surface area contributed by atoms with Crippen LogP contribution in [0.1, 0.15) is 18.9 Å². The Labute approximate surface area is 87.3 Å². The molecule has 1 aromatic carbocycles. The maximum atomic E-state index is 5.67. The van der Waals surface area contributed by atoms with Crippen molar-refractivity contribution in [1.82, 2.24) is 5.32 Å². The molecule has 0 heterocycles. The van der Waals surface area contributed by atoms with Gasteiger partial charge in [0.2, 0.25) is 0 Å². The quantitative estimate of drug-likeness (QED) is 0.692. The van der Waals surface area contributed by atoms with Crippen LogP contribution in [0.25, 0.3) is 0 Å². The molecule has 1 N–H and O–H groups in total. The van der Waals surface area contributed by atoms with Crippen LogP contribution in [0.5, 0.6) is 0 Å². The molecule has 14 heavy (non-hydrogen) atoms. The van der Waals surface area contributed by atoms with Crippen LogP contribution in [-0.4, -0.2) is 21.4 Å². The molecule has 1 saturated carbocycles. The third kappa shape index (κ3) is 1.59. The van der Waals surface area contributed by atoms with Crippen molar-refractivity contribution in [2.75, 3.05) is 13.6 Å². The van der Waals surface area contributed by atoms with E-state index < -0.39 is 0 Å². The number of hydrogen-bond acceptors (Lipinski definition) is 1. The normalized spacial score (nSPS) is 30.3.